The summed E-state index contributed by atoms with van der Waals surface area (Å²) in [6, 6.07) is 2.24. The van der Waals surface area contributed by atoms with Crippen molar-refractivity contribution in [3.05, 3.63) is 27.7 Å². The lowest BCUT2D eigenvalue weighted by molar-refractivity contribution is 0.0698. The number of hydrogen-bond acceptors (Lipinski definition) is 3. The molecule has 1 aliphatic heterocycles. The highest BCUT2D eigenvalue weighted by atomic mass is 35.5. The molecule has 1 saturated heterocycles. The monoisotopic (exact) mass is 331 g/mol. The van der Waals surface area contributed by atoms with Crippen molar-refractivity contribution in [1.82, 2.24) is 4.90 Å². The first kappa shape index (κ1) is 15.9. The third kappa shape index (κ3) is 3.58. The van der Waals surface area contributed by atoms with Crippen molar-refractivity contribution < 1.29 is 14.7 Å². The zero-order valence-electron chi connectivity index (χ0n) is 11.1. The summed E-state index contributed by atoms with van der Waals surface area (Å²) in [7, 11) is 0. The van der Waals surface area contributed by atoms with E-state index in [0.717, 1.165) is 6.42 Å². The predicted octanol–water partition coefficient (Wildman–Crippen LogP) is 2.50. The van der Waals surface area contributed by atoms with Crippen LogP contribution in [0.4, 0.5) is 10.5 Å². The maximum Gasteiger partial charge on any atom is 0.337 e. The van der Waals surface area contributed by atoms with Gasteiger partial charge in [-0.1, -0.05) is 23.2 Å². The summed E-state index contributed by atoms with van der Waals surface area (Å²) in [5.41, 5.74) is 5.49. The van der Waals surface area contributed by atoms with Crippen LogP contribution in [0.3, 0.4) is 0 Å². The van der Waals surface area contributed by atoms with E-state index in [1.54, 1.807) is 4.90 Å². The fourth-order valence-electron chi connectivity index (χ4n) is 2.26. The molecule has 1 heterocycles. The second-order valence-corrected chi connectivity index (χ2v) is 5.73. The van der Waals surface area contributed by atoms with Crippen molar-refractivity contribution >= 4 is 40.9 Å². The van der Waals surface area contributed by atoms with E-state index in [2.05, 4.69) is 5.32 Å². The van der Waals surface area contributed by atoms with Crippen LogP contribution < -0.4 is 11.1 Å². The van der Waals surface area contributed by atoms with Gasteiger partial charge in [-0.3, -0.25) is 0 Å². The number of carboxylic acids is 1. The molecule has 8 heteroatoms. The first-order chi connectivity index (χ1) is 9.92. The number of nitrogens with two attached hydrogens (primary N) is 1. The third-order valence-corrected chi connectivity index (χ3v) is 3.94. The standard InChI is InChI=1S/C13H15Cl2N3O3/c14-8-3-9(12(19)20)11(10(15)4-8)17-13(21)18-2-1-7(5-16)6-18/h3-4,7H,1-2,5-6,16H2,(H,17,21)(H,19,20). The molecule has 21 heavy (non-hydrogen) atoms. The highest BCUT2D eigenvalue weighted by molar-refractivity contribution is 6.37. The molecule has 0 bridgehead atoms. The SMILES string of the molecule is NCC1CCN(C(=O)Nc2c(Cl)cc(Cl)cc2C(=O)O)C1. The minimum atomic E-state index is -1.21. The van der Waals surface area contributed by atoms with Crippen molar-refractivity contribution in [1.29, 1.82) is 0 Å². The van der Waals surface area contributed by atoms with Crippen LogP contribution in [0.2, 0.25) is 10.0 Å². The Bertz CT molecular complexity index is 580. The van der Waals surface area contributed by atoms with E-state index in [9.17, 15) is 14.7 Å². The van der Waals surface area contributed by atoms with Crippen LogP contribution in [-0.2, 0) is 0 Å². The molecule has 2 rings (SSSR count). The van der Waals surface area contributed by atoms with Gasteiger partial charge in [0.05, 0.1) is 16.3 Å². The molecule has 0 saturated carbocycles. The molecule has 0 aromatic heterocycles. The Morgan fingerprint density at radius 1 is 1.43 bits per heavy atom. The van der Waals surface area contributed by atoms with E-state index < -0.39 is 12.0 Å². The van der Waals surface area contributed by atoms with Crippen molar-refractivity contribution in [3.8, 4) is 0 Å². The van der Waals surface area contributed by atoms with Gasteiger partial charge in [0.25, 0.3) is 0 Å². The Morgan fingerprint density at radius 2 is 2.14 bits per heavy atom. The normalized spacial score (nSPS) is 17.9. The largest absolute Gasteiger partial charge is 0.478 e. The summed E-state index contributed by atoms with van der Waals surface area (Å²) in [4.78, 5) is 25.0. The number of carbonyl (C=O) groups is 2. The molecular weight excluding hydrogens is 317 g/mol. The van der Waals surface area contributed by atoms with Gasteiger partial charge in [-0.25, -0.2) is 9.59 Å². The van der Waals surface area contributed by atoms with Gasteiger partial charge in [-0.15, -0.1) is 0 Å². The Hall–Kier alpha value is -1.50. The lowest BCUT2D eigenvalue weighted by Crippen LogP contribution is -2.34. The number of benzene rings is 1. The van der Waals surface area contributed by atoms with Crippen LogP contribution in [-0.4, -0.2) is 41.6 Å². The van der Waals surface area contributed by atoms with Crippen LogP contribution >= 0.6 is 23.2 Å². The highest BCUT2D eigenvalue weighted by Gasteiger charge is 2.27. The summed E-state index contributed by atoms with van der Waals surface area (Å²) >= 11 is 11.8. The number of amides is 2. The second kappa shape index (κ2) is 6.51. The maximum absolute atomic E-state index is 12.2. The van der Waals surface area contributed by atoms with Crippen molar-refractivity contribution in [2.24, 2.45) is 11.7 Å². The lowest BCUT2D eigenvalue weighted by atomic mass is 10.1. The number of carboxylic acid groups (broad SMARTS) is 1. The zero-order chi connectivity index (χ0) is 15.6. The molecule has 1 atom stereocenters. The van der Waals surface area contributed by atoms with E-state index in [1.165, 1.54) is 12.1 Å². The second-order valence-electron chi connectivity index (χ2n) is 4.88. The summed E-state index contributed by atoms with van der Waals surface area (Å²) in [5, 5.41) is 12.0. The van der Waals surface area contributed by atoms with E-state index in [1.807, 2.05) is 0 Å². The van der Waals surface area contributed by atoms with Gasteiger partial charge < -0.3 is 21.1 Å². The van der Waals surface area contributed by atoms with Crippen LogP contribution in [0.5, 0.6) is 0 Å². The van der Waals surface area contributed by atoms with Crippen molar-refractivity contribution in [3.63, 3.8) is 0 Å². The quantitative estimate of drug-likeness (QED) is 0.792. The smallest absolute Gasteiger partial charge is 0.337 e. The molecule has 1 aliphatic rings. The molecule has 114 valence electrons. The topological polar surface area (TPSA) is 95.7 Å². The number of aromatic carboxylic acids is 1. The van der Waals surface area contributed by atoms with E-state index in [4.69, 9.17) is 28.9 Å². The first-order valence-corrected chi connectivity index (χ1v) is 7.16. The van der Waals surface area contributed by atoms with Gasteiger partial charge in [0.2, 0.25) is 0 Å². The average Bonchev–Trinajstić information content (AvgIpc) is 2.90. The van der Waals surface area contributed by atoms with Crippen LogP contribution in [0.25, 0.3) is 0 Å². The number of hydrogen-bond donors (Lipinski definition) is 3. The molecule has 2 amide bonds. The van der Waals surface area contributed by atoms with E-state index >= 15 is 0 Å². The molecule has 4 N–H and O–H groups in total. The Balaban J connectivity index is 2.19. The number of nitrogens with one attached hydrogen (secondary N) is 1. The molecule has 0 radical (unpaired) electrons. The van der Waals surface area contributed by atoms with Gasteiger partial charge in [-0.05, 0) is 31.0 Å². The minimum absolute atomic E-state index is 0.0507. The number of likely N-dealkylation sites (tertiary alicyclic amines) is 1. The average molecular weight is 332 g/mol. The van der Waals surface area contributed by atoms with Crippen molar-refractivity contribution in [2.75, 3.05) is 25.0 Å². The summed E-state index contributed by atoms with van der Waals surface area (Å²) in [6.07, 6.45) is 0.837. The fourth-order valence-corrected chi connectivity index (χ4v) is 2.81. The number of carbonyl (C=O) groups excluding carboxylic acids is 1. The van der Waals surface area contributed by atoms with Gasteiger partial charge in [0.15, 0.2) is 0 Å². The van der Waals surface area contributed by atoms with Gasteiger partial charge in [0, 0.05) is 18.1 Å². The van der Waals surface area contributed by atoms with Gasteiger partial charge in [-0.2, -0.15) is 0 Å². The van der Waals surface area contributed by atoms with Crippen LogP contribution in [0, 0.1) is 5.92 Å². The minimum Gasteiger partial charge on any atom is -0.478 e. The zero-order valence-corrected chi connectivity index (χ0v) is 12.6. The lowest BCUT2D eigenvalue weighted by Gasteiger charge is -2.19. The predicted molar refractivity (Wildman–Crippen MR) is 81.2 cm³/mol. The molecule has 6 nitrogen and oxygen atoms in total. The number of urea groups is 1. The van der Waals surface area contributed by atoms with E-state index in [0.29, 0.717) is 19.6 Å². The number of rotatable bonds is 3. The molecular formula is C13H15Cl2N3O3. The highest BCUT2D eigenvalue weighted by Crippen LogP contribution is 2.31. The Kier molecular flexibility index (Phi) is 4.92. The van der Waals surface area contributed by atoms with Crippen LogP contribution in [0.15, 0.2) is 12.1 Å². The fraction of sp³-hybridized carbons (Fsp3) is 0.385. The molecule has 1 fully saturated rings. The van der Waals surface area contributed by atoms with Crippen LogP contribution in [0.1, 0.15) is 16.8 Å². The number of halogens is 2. The summed E-state index contributed by atoms with van der Waals surface area (Å²) in [6.45, 7) is 1.66. The Labute approximate surface area is 131 Å². The molecule has 0 spiro atoms. The first-order valence-electron chi connectivity index (χ1n) is 6.40. The third-order valence-electron chi connectivity index (χ3n) is 3.42. The van der Waals surface area contributed by atoms with Gasteiger partial charge >= 0.3 is 12.0 Å². The van der Waals surface area contributed by atoms with Gasteiger partial charge in [0.1, 0.15) is 0 Å². The molecule has 1 aromatic rings. The Morgan fingerprint density at radius 3 is 2.71 bits per heavy atom. The van der Waals surface area contributed by atoms with Crippen molar-refractivity contribution in [2.45, 2.75) is 6.42 Å². The summed E-state index contributed by atoms with van der Waals surface area (Å²) in [5.74, 6) is -0.939. The molecule has 1 unspecified atom stereocenters. The summed E-state index contributed by atoms with van der Waals surface area (Å²) < 4.78 is 0. The molecule has 1 aromatic carbocycles. The number of anilines is 1. The maximum atomic E-state index is 12.2. The number of nitrogens with zero attached hydrogens (tertiary/aromatic N) is 1. The van der Waals surface area contributed by atoms with E-state index in [-0.39, 0.29) is 27.2 Å². The molecule has 0 aliphatic carbocycles.